The highest BCUT2D eigenvalue weighted by atomic mass is 16.5. The Morgan fingerprint density at radius 2 is 1.83 bits per heavy atom. The van der Waals surface area contributed by atoms with Crippen molar-refractivity contribution in [1.82, 2.24) is 0 Å². The Balaban J connectivity index is 2.04. The van der Waals surface area contributed by atoms with E-state index >= 15 is 0 Å². The zero-order chi connectivity index (χ0) is 13.0. The van der Waals surface area contributed by atoms with Crippen molar-refractivity contribution in [2.45, 2.75) is 13.5 Å². The minimum Gasteiger partial charge on any atom is -0.508 e. The van der Waals surface area contributed by atoms with Gasteiger partial charge in [0.15, 0.2) is 0 Å². The number of benzene rings is 2. The van der Waals surface area contributed by atoms with Crippen LogP contribution < -0.4 is 9.47 Å². The van der Waals surface area contributed by atoms with Crippen LogP contribution in [0, 0.1) is 6.92 Å². The molecule has 0 aliphatic rings. The van der Waals surface area contributed by atoms with Gasteiger partial charge in [-0.3, -0.25) is 0 Å². The Labute approximate surface area is 107 Å². The fraction of sp³-hybridized carbons (Fsp3) is 0.200. The molecule has 0 unspecified atom stereocenters. The van der Waals surface area contributed by atoms with E-state index in [1.807, 2.05) is 43.3 Å². The van der Waals surface area contributed by atoms with Crippen molar-refractivity contribution in [3.8, 4) is 17.2 Å². The normalized spacial score (nSPS) is 10.1. The zero-order valence-electron chi connectivity index (χ0n) is 10.5. The number of rotatable bonds is 4. The third-order valence-electron chi connectivity index (χ3n) is 2.71. The van der Waals surface area contributed by atoms with E-state index < -0.39 is 0 Å². The third-order valence-corrected chi connectivity index (χ3v) is 2.71. The van der Waals surface area contributed by atoms with Crippen molar-refractivity contribution < 1.29 is 14.6 Å². The molecule has 0 aliphatic carbocycles. The van der Waals surface area contributed by atoms with Crippen LogP contribution in [0.3, 0.4) is 0 Å². The standard InChI is InChI=1S/C15H16O3/c1-11-8-12(6-7-15(11)16)10-18-14-5-3-4-13(9-14)17-2/h3-9,16H,10H2,1-2H3. The van der Waals surface area contributed by atoms with Crippen LogP contribution in [0.2, 0.25) is 0 Å². The summed E-state index contributed by atoms with van der Waals surface area (Å²) in [5.74, 6) is 1.84. The Kier molecular flexibility index (Phi) is 3.72. The number of phenols is 1. The summed E-state index contributed by atoms with van der Waals surface area (Å²) in [5, 5.41) is 9.44. The van der Waals surface area contributed by atoms with Gasteiger partial charge in [0.1, 0.15) is 23.9 Å². The molecule has 0 saturated carbocycles. The maximum atomic E-state index is 9.44. The molecule has 0 saturated heterocycles. The predicted octanol–water partition coefficient (Wildman–Crippen LogP) is 3.29. The Hall–Kier alpha value is -2.16. The molecule has 0 aromatic heterocycles. The number of ether oxygens (including phenoxy) is 2. The second-order valence-electron chi connectivity index (χ2n) is 4.09. The topological polar surface area (TPSA) is 38.7 Å². The molecule has 2 aromatic carbocycles. The van der Waals surface area contributed by atoms with Crippen molar-refractivity contribution in [3.05, 3.63) is 53.6 Å². The van der Waals surface area contributed by atoms with E-state index in [0.717, 1.165) is 22.6 Å². The highest BCUT2D eigenvalue weighted by Gasteiger charge is 2.00. The lowest BCUT2D eigenvalue weighted by Crippen LogP contribution is -1.96. The largest absolute Gasteiger partial charge is 0.508 e. The lowest BCUT2D eigenvalue weighted by molar-refractivity contribution is 0.303. The lowest BCUT2D eigenvalue weighted by Gasteiger charge is -2.08. The van der Waals surface area contributed by atoms with Crippen molar-refractivity contribution >= 4 is 0 Å². The highest BCUT2D eigenvalue weighted by Crippen LogP contribution is 2.21. The van der Waals surface area contributed by atoms with Gasteiger partial charge in [0.05, 0.1) is 7.11 Å². The summed E-state index contributed by atoms with van der Waals surface area (Å²) in [5.41, 5.74) is 1.87. The smallest absolute Gasteiger partial charge is 0.123 e. The molecule has 0 atom stereocenters. The first-order chi connectivity index (χ1) is 8.69. The molecule has 0 spiro atoms. The Bertz CT molecular complexity index is 535. The summed E-state index contributed by atoms with van der Waals surface area (Å²) in [6.45, 7) is 2.33. The van der Waals surface area contributed by atoms with Gasteiger partial charge in [-0.25, -0.2) is 0 Å². The molecule has 0 aliphatic heterocycles. The second kappa shape index (κ2) is 5.45. The molecule has 1 N–H and O–H groups in total. The van der Waals surface area contributed by atoms with Gasteiger partial charge in [-0.1, -0.05) is 12.1 Å². The zero-order valence-corrected chi connectivity index (χ0v) is 10.5. The summed E-state index contributed by atoms with van der Waals surface area (Å²) in [6.07, 6.45) is 0. The first-order valence-corrected chi connectivity index (χ1v) is 5.74. The average Bonchev–Trinajstić information content (AvgIpc) is 2.40. The van der Waals surface area contributed by atoms with Crippen molar-refractivity contribution in [2.24, 2.45) is 0 Å². The van der Waals surface area contributed by atoms with Gasteiger partial charge < -0.3 is 14.6 Å². The van der Waals surface area contributed by atoms with E-state index in [1.165, 1.54) is 0 Å². The summed E-state index contributed by atoms with van der Waals surface area (Å²) < 4.78 is 10.8. The fourth-order valence-corrected chi connectivity index (χ4v) is 1.66. The minimum absolute atomic E-state index is 0.306. The first kappa shape index (κ1) is 12.3. The molecular weight excluding hydrogens is 228 g/mol. The number of aryl methyl sites for hydroxylation is 1. The maximum Gasteiger partial charge on any atom is 0.123 e. The molecule has 2 aromatic rings. The van der Waals surface area contributed by atoms with Crippen LogP contribution in [0.5, 0.6) is 17.2 Å². The number of phenolic OH excluding ortho intramolecular Hbond substituents is 1. The van der Waals surface area contributed by atoms with Crippen LogP contribution in [-0.4, -0.2) is 12.2 Å². The maximum absolute atomic E-state index is 9.44. The van der Waals surface area contributed by atoms with E-state index in [0.29, 0.717) is 12.4 Å². The summed E-state index contributed by atoms with van der Waals surface area (Å²) in [6, 6.07) is 12.9. The monoisotopic (exact) mass is 244 g/mol. The Morgan fingerprint density at radius 1 is 1.06 bits per heavy atom. The quantitative estimate of drug-likeness (QED) is 0.897. The average molecular weight is 244 g/mol. The molecule has 0 fully saturated rings. The first-order valence-electron chi connectivity index (χ1n) is 5.74. The molecule has 0 radical (unpaired) electrons. The molecule has 0 heterocycles. The summed E-state index contributed by atoms with van der Waals surface area (Å²) >= 11 is 0. The molecule has 3 nitrogen and oxygen atoms in total. The lowest BCUT2D eigenvalue weighted by atomic mass is 10.1. The molecule has 0 amide bonds. The van der Waals surface area contributed by atoms with E-state index in [2.05, 4.69) is 0 Å². The van der Waals surface area contributed by atoms with Gasteiger partial charge in [-0.2, -0.15) is 0 Å². The van der Waals surface area contributed by atoms with Gasteiger partial charge in [0, 0.05) is 6.07 Å². The van der Waals surface area contributed by atoms with Crippen LogP contribution in [0.25, 0.3) is 0 Å². The van der Waals surface area contributed by atoms with Crippen LogP contribution in [0.4, 0.5) is 0 Å². The number of methoxy groups -OCH3 is 1. The van der Waals surface area contributed by atoms with Gasteiger partial charge in [0.2, 0.25) is 0 Å². The third kappa shape index (κ3) is 2.94. The van der Waals surface area contributed by atoms with E-state index in [1.54, 1.807) is 13.2 Å². The number of aromatic hydroxyl groups is 1. The fourth-order valence-electron chi connectivity index (χ4n) is 1.66. The summed E-state index contributed by atoms with van der Waals surface area (Å²) in [7, 11) is 1.63. The van der Waals surface area contributed by atoms with Crippen molar-refractivity contribution in [2.75, 3.05) is 7.11 Å². The van der Waals surface area contributed by atoms with Gasteiger partial charge in [-0.15, -0.1) is 0 Å². The minimum atomic E-state index is 0.306. The van der Waals surface area contributed by atoms with E-state index in [9.17, 15) is 5.11 Å². The summed E-state index contributed by atoms with van der Waals surface area (Å²) in [4.78, 5) is 0. The van der Waals surface area contributed by atoms with Crippen molar-refractivity contribution in [3.63, 3.8) is 0 Å². The Morgan fingerprint density at radius 3 is 2.56 bits per heavy atom. The van der Waals surface area contributed by atoms with Gasteiger partial charge in [-0.05, 0) is 42.3 Å². The SMILES string of the molecule is COc1cccc(OCc2ccc(O)c(C)c2)c1. The van der Waals surface area contributed by atoms with Crippen LogP contribution in [0.15, 0.2) is 42.5 Å². The second-order valence-corrected chi connectivity index (χ2v) is 4.09. The number of hydrogen-bond acceptors (Lipinski definition) is 3. The molecule has 94 valence electrons. The van der Waals surface area contributed by atoms with E-state index in [4.69, 9.17) is 9.47 Å². The molecule has 2 rings (SSSR count). The molecule has 18 heavy (non-hydrogen) atoms. The number of hydrogen-bond donors (Lipinski definition) is 1. The highest BCUT2D eigenvalue weighted by molar-refractivity contribution is 5.36. The van der Waals surface area contributed by atoms with Gasteiger partial charge in [0.25, 0.3) is 0 Å². The van der Waals surface area contributed by atoms with E-state index in [-0.39, 0.29) is 0 Å². The van der Waals surface area contributed by atoms with Crippen LogP contribution >= 0.6 is 0 Å². The van der Waals surface area contributed by atoms with Crippen LogP contribution in [-0.2, 0) is 6.61 Å². The van der Waals surface area contributed by atoms with Gasteiger partial charge >= 0.3 is 0 Å². The van der Waals surface area contributed by atoms with Crippen molar-refractivity contribution in [1.29, 1.82) is 0 Å². The van der Waals surface area contributed by atoms with Crippen LogP contribution in [0.1, 0.15) is 11.1 Å². The molecule has 0 bridgehead atoms. The predicted molar refractivity (Wildman–Crippen MR) is 70.2 cm³/mol. The molecular formula is C15H16O3. The molecule has 3 heteroatoms.